The second-order valence-corrected chi connectivity index (χ2v) is 6.89. The first kappa shape index (κ1) is 18.3. The van der Waals surface area contributed by atoms with Gasteiger partial charge in [0.1, 0.15) is 5.01 Å². The highest BCUT2D eigenvalue weighted by molar-refractivity contribution is 7.15. The lowest BCUT2D eigenvalue weighted by Gasteiger charge is -2.40. The number of aromatic nitrogens is 2. The average Bonchev–Trinajstić information content (AvgIpc) is 2.93. The van der Waals surface area contributed by atoms with Crippen LogP contribution in [0.3, 0.4) is 0 Å². The summed E-state index contributed by atoms with van der Waals surface area (Å²) < 4.78 is 5.46. The van der Waals surface area contributed by atoms with Crippen molar-refractivity contribution in [3.05, 3.63) is 5.01 Å². The summed E-state index contributed by atoms with van der Waals surface area (Å²) in [5.74, 6) is -0.0150. The summed E-state index contributed by atoms with van der Waals surface area (Å²) in [5.41, 5.74) is 0. The van der Waals surface area contributed by atoms with E-state index in [9.17, 15) is 4.79 Å². The van der Waals surface area contributed by atoms with Crippen molar-refractivity contribution in [2.45, 2.75) is 33.2 Å². The van der Waals surface area contributed by atoms with E-state index in [0.717, 1.165) is 50.8 Å². The quantitative estimate of drug-likeness (QED) is 0.717. The van der Waals surface area contributed by atoms with E-state index in [2.05, 4.69) is 32.2 Å². The minimum atomic E-state index is -0.0150. The number of nitrogens with one attached hydrogen (secondary N) is 1. The molecular formula is C15H27N5O2S. The summed E-state index contributed by atoms with van der Waals surface area (Å²) in [4.78, 5) is 16.8. The molecule has 2 rings (SSSR count). The Morgan fingerprint density at radius 3 is 2.87 bits per heavy atom. The van der Waals surface area contributed by atoms with E-state index in [-0.39, 0.29) is 5.91 Å². The highest BCUT2D eigenvalue weighted by Gasteiger charge is 2.26. The number of hydrogen-bond donors (Lipinski definition) is 1. The lowest BCUT2D eigenvalue weighted by Crippen LogP contribution is -2.54. The summed E-state index contributed by atoms with van der Waals surface area (Å²) in [6.45, 7) is 11.8. The van der Waals surface area contributed by atoms with Crippen LogP contribution in [0.15, 0.2) is 0 Å². The molecular weight excluding hydrogens is 314 g/mol. The van der Waals surface area contributed by atoms with E-state index in [1.165, 1.54) is 11.3 Å². The predicted molar refractivity (Wildman–Crippen MR) is 91.9 cm³/mol. The maximum Gasteiger partial charge on any atom is 0.240 e. The van der Waals surface area contributed by atoms with Gasteiger partial charge in [0.25, 0.3) is 0 Å². The highest BCUT2D eigenvalue weighted by Crippen LogP contribution is 2.15. The molecule has 0 aromatic carbocycles. The number of hydrogen-bond acceptors (Lipinski definition) is 7. The lowest BCUT2D eigenvalue weighted by molar-refractivity contribution is -0.118. The van der Waals surface area contributed by atoms with Gasteiger partial charge in [-0.05, 0) is 20.3 Å². The van der Waals surface area contributed by atoms with Gasteiger partial charge in [0.05, 0.1) is 13.2 Å². The molecule has 130 valence electrons. The van der Waals surface area contributed by atoms with Gasteiger partial charge in [0.2, 0.25) is 11.0 Å². The number of carbonyl (C=O) groups excluding carboxylic acids is 1. The smallest absolute Gasteiger partial charge is 0.240 e. The topological polar surface area (TPSA) is 70.6 Å². The molecule has 1 aliphatic heterocycles. The zero-order valence-electron chi connectivity index (χ0n) is 14.2. The van der Waals surface area contributed by atoms with Crippen LogP contribution in [0, 0.1) is 6.92 Å². The van der Waals surface area contributed by atoms with Crippen molar-refractivity contribution < 1.29 is 9.53 Å². The van der Waals surface area contributed by atoms with Gasteiger partial charge in [0.15, 0.2) is 0 Å². The molecule has 8 heteroatoms. The van der Waals surface area contributed by atoms with Crippen LogP contribution in [-0.4, -0.2) is 77.9 Å². The third kappa shape index (κ3) is 5.80. The van der Waals surface area contributed by atoms with E-state index in [0.29, 0.717) is 17.7 Å². The van der Waals surface area contributed by atoms with Crippen LogP contribution < -0.4 is 5.32 Å². The molecule has 1 atom stereocenters. The summed E-state index contributed by atoms with van der Waals surface area (Å²) in [7, 11) is 0. The molecule has 7 nitrogen and oxygen atoms in total. The standard InChI is InChI=1S/C15H27N5O2S/c1-4-13-10-19(6-7-20(13)8-9-22-5-2)11-14(21)16-15-18-17-12(3)23-15/h13H,4-11H2,1-3H3,(H,16,18,21)/t13-/m1/s1. The van der Waals surface area contributed by atoms with Crippen molar-refractivity contribution in [2.24, 2.45) is 0 Å². The Bertz CT molecular complexity index is 496. The number of rotatable bonds is 8. The van der Waals surface area contributed by atoms with Gasteiger partial charge in [0, 0.05) is 38.8 Å². The number of piperazine rings is 1. The van der Waals surface area contributed by atoms with E-state index >= 15 is 0 Å². The van der Waals surface area contributed by atoms with Crippen LogP contribution in [0.5, 0.6) is 0 Å². The maximum absolute atomic E-state index is 12.1. The lowest BCUT2D eigenvalue weighted by atomic mass is 10.1. The molecule has 0 aliphatic carbocycles. The van der Waals surface area contributed by atoms with Crippen molar-refractivity contribution >= 4 is 22.4 Å². The van der Waals surface area contributed by atoms with Crippen molar-refractivity contribution in [1.82, 2.24) is 20.0 Å². The molecule has 1 amide bonds. The normalized spacial score (nSPS) is 19.9. The fraction of sp³-hybridized carbons (Fsp3) is 0.800. The van der Waals surface area contributed by atoms with Crippen molar-refractivity contribution in [1.29, 1.82) is 0 Å². The first-order valence-corrected chi connectivity index (χ1v) is 9.08. The number of nitrogens with zero attached hydrogens (tertiary/aromatic N) is 4. The number of amides is 1. The van der Waals surface area contributed by atoms with Gasteiger partial charge in [-0.3, -0.25) is 19.9 Å². The fourth-order valence-electron chi connectivity index (χ4n) is 2.82. The van der Waals surface area contributed by atoms with E-state index in [1.54, 1.807) is 0 Å². The molecule has 1 saturated heterocycles. The molecule has 1 N–H and O–H groups in total. The number of anilines is 1. The molecule has 23 heavy (non-hydrogen) atoms. The minimum Gasteiger partial charge on any atom is -0.380 e. The Morgan fingerprint density at radius 1 is 1.39 bits per heavy atom. The summed E-state index contributed by atoms with van der Waals surface area (Å²) in [5, 5.41) is 12.1. The predicted octanol–water partition coefficient (Wildman–Crippen LogP) is 1.22. The molecule has 1 aromatic rings. The largest absolute Gasteiger partial charge is 0.380 e. The molecule has 0 unspecified atom stereocenters. The number of ether oxygens (including phenoxy) is 1. The van der Waals surface area contributed by atoms with Crippen LogP contribution in [0.2, 0.25) is 0 Å². The summed E-state index contributed by atoms with van der Waals surface area (Å²) in [6, 6.07) is 0.487. The Hall–Kier alpha value is -1.09. The van der Waals surface area contributed by atoms with E-state index in [1.807, 2.05) is 13.8 Å². The maximum atomic E-state index is 12.1. The van der Waals surface area contributed by atoms with Crippen LogP contribution in [0.25, 0.3) is 0 Å². The molecule has 2 heterocycles. The average molecular weight is 341 g/mol. The van der Waals surface area contributed by atoms with Gasteiger partial charge < -0.3 is 4.74 Å². The van der Waals surface area contributed by atoms with Gasteiger partial charge >= 0.3 is 0 Å². The second-order valence-electron chi connectivity index (χ2n) is 5.70. The first-order chi connectivity index (χ1) is 11.1. The second kappa shape index (κ2) is 9.27. The zero-order valence-corrected chi connectivity index (χ0v) is 15.1. The third-order valence-corrected chi connectivity index (χ3v) is 4.78. The monoisotopic (exact) mass is 341 g/mol. The van der Waals surface area contributed by atoms with Gasteiger partial charge in [-0.25, -0.2) is 0 Å². The Balaban J connectivity index is 1.77. The summed E-state index contributed by atoms with van der Waals surface area (Å²) in [6.07, 6.45) is 1.08. The Labute approximate surface area is 142 Å². The fourth-order valence-corrected chi connectivity index (χ4v) is 3.43. The van der Waals surface area contributed by atoms with E-state index in [4.69, 9.17) is 4.74 Å². The van der Waals surface area contributed by atoms with Crippen LogP contribution >= 0.6 is 11.3 Å². The van der Waals surface area contributed by atoms with Gasteiger partial charge in [-0.15, -0.1) is 10.2 Å². The third-order valence-electron chi connectivity index (χ3n) is 4.03. The zero-order chi connectivity index (χ0) is 16.7. The van der Waals surface area contributed by atoms with E-state index < -0.39 is 0 Å². The SMILES string of the molecule is CCOCCN1CCN(CC(=O)Nc2nnc(C)s2)C[C@H]1CC. The van der Waals surface area contributed by atoms with Crippen LogP contribution in [0.4, 0.5) is 5.13 Å². The van der Waals surface area contributed by atoms with Gasteiger partial charge in [-0.1, -0.05) is 18.3 Å². The molecule has 0 bridgehead atoms. The Kier molecular flexibility index (Phi) is 7.35. The van der Waals surface area contributed by atoms with Crippen LogP contribution in [0.1, 0.15) is 25.3 Å². The van der Waals surface area contributed by atoms with Crippen molar-refractivity contribution in [2.75, 3.05) is 51.3 Å². The molecule has 0 spiro atoms. The van der Waals surface area contributed by atoms with Gasteiger partial charge in [-0.2, -0.15) is 0 Å². The molecule has 0 radical (unpaired) electrons. The first-order valence-electron chi connectivity index (χ1n) is 8.26. The van der Waals surface area contributed by atoms with Crippen molar-refractivity contribution in [3.8, 4) is 0 Å². The molecule has 1 aromatic heterocycles. The Morgan fingerprint density at radius 2 is 2.22 bits per heavy atom. The molecule has 1 aliphatic rings. The van der Waals surface area contributed by atoms with Crippen LogP contribution in [-0.2, 0) is 9.53 Å². The minimum absolute atomic E-state index is 0.0150. The number of carbonyl (C=O) groups is 1. The highest BCUT2D eigenvalue weighted by atomic mass is 32.1. The number of aryl methyl sites for hydroxylation is 1. The molecule has 1 fully saturated rings. The molecule has 0 saturated carbocycles. The summed E-state index contributed by atoms with van der Waals surface area (Å²) >= 11 is 1.40. The van der Waals surface area contributed by atoms with Crippen molar-refractivity contribution in [3.63, 3.8) is 0 Å².